The van der Waals surface area contributed by atoms with Crippen LogP contribution in [0.2, 0.25) is 5.02 Å². The average molecular weight is 426 g/mol. The van der Waals surface area contributed by atoms with Gasteiger partial charge in [-0.2, -0.15) is 0 Å². The number of nitrogens with two attached hydrogens (primary N) is 1. The highest BCUT2D eigenvalue weighted by atomic mass is 35.5. The summed E-state index contributed by atoms with van der Waals surface area (Å²) < 4.78 is 5.15. The fourth-order valence-electron chi connectivity index (χ4n) is 2.37. The van der Waals surface area contributed by atoms with Crippen molar-refractivity contribution < 1.29 is 24.0 Å². The lowest BCUT2D eigenvalue weighted by Gasteiger charge is -2.10. The first-order valence-electron chi connectivity index (χ1n) is 7.92. The van der Waals surface area contributed by atoms with E-state index in [2.05, 4.69) is 5.32 Å². The number of primary amides is 1. The van der Waals surface area contributed by atoms with Crippen molar-refractivity contribution in [3.63, 3.8) is 0 Å². The number of amides is 2. The predicted molar refractivity (Wildman–Crippen MR) is 104 cm³/mol. The summed E-state index contributed by atoms with van der Waals surface area (Å²) in [6.45, 7) is 4.78. The van der Waals surface area contributed by atoms with E-state index in [4.69, 9.17) is 22.1 Å². The molecule has 0 spiro atoms. The molecule has 1 aromatic heterocycles. The van der Waals surface area contributed by atoms with Gasteiger partial charge in [-0.15, -0.1) is 11.3 Å². The van der Waals surface area contributed by atoms with Crippen LogP contribution in [0.5, 0.6) is 0 Å². The summed E-state index contributed by atoms with van der Waals surface area (Å²) in [6.07, 6.45) is -0.440. The van der Waals surface area contributed by atoms with Gasteiger partial charge in [-0.05, 0) is 38.5 Å². The zero-order valence-electron chi connectivity index (χ0n) is 15.1. The molecule has 0 atom stereocenters. The number of hydrogen-bond acceptors (Lipinski definition) is 7. The normalized spacial score (nSPS) is 10.6. The number of nitro benzene ring substituents is 1. The van der Waals surface area contributed by atoms with Crippen LogP contribution in [-0.2, 0) is 4.74 Å². The van der Waals surface area contributed by atoms with Gasteiger partial charge in [0, 0.05) is 11.1 Å². The molecule has 0 aliphatic rings. The molecule has 2 aromatic rings. The molecule has 0 bridgehead atoms. The number of halogens is 1. The number of esters is 1. The molecule has 2 amide bonds. The van der Waals surface area contributed by atoms with Crippen molar-refractivity contribution in [1.29, 1.82) is 0 Å². The lowest BCUT2D eigenvalue weighted by Crippen LogP contribution is -2.18. The number of anilines is 1. The summed E-state index contributed by atoms with van der Waals surface area (Å²) in [5.41, 5.74) is 4.79. The van der Waals surface area contributed by atoms with Gasteiger partial charge in [0.2, 0.25) is 0 Å². The third-order valence-corrected chi connectivity index (χ3v) is 5.00. The van der Waals surface area contributed by atoms with Gasteiger partial charge in [0.25, 0.3) is 17.5 Å². The second-order valence-corrected chi connectivity index (χ2v) is 7.41. The van der Waals surface area contributed by atoms with Gasteiger partial charge >= 0.3 is 5.97 Å². The molecule has 0 radical (unpaired) electrons. The number of benzene rings is 1. The molecular formula is C17H16ClN3O6S. The van der Waals surface area contributed by atoms with E-state index >= 15 is 0 Å². The molecule has 0 saturated carbocycles. The third kappa shape index (κ3) is 4.46. The van der Waals surface area contributed by atoms with Crippen LogP contribution in [-0.4, -0.2) is 28.8 Å². The second-order valence-electron chi connectivity index (χ2n) is 5.95. The van der Waals surface area contributed by atoms with Crippen molar-refractivity contribution in [1.82, 2.24) is 0 Å². The Morgan fingerprint density at radius 1 is 1.32 bits per heavy atom. The number of carbonyl (C=O) groups is 3. The van der Waals surface area contributed by atoms with E-state index in [1.54, 1.807) is 13.8 Å². The van der Waals surface area contributed by atoms with Gasteiger partial charge in [0.05, 0.1) is 21.5 Å². The molecule has 0 unspecified atom stereocenters. The molecule has 3 N–H and O–H groups in total. The molecule has 2 rings (SSSR count). The maximum absolute atomic E-state index is 12.6. The lowest BCUT2D eigenvalue weighted by atomic mass is 10.1. The molecule has 1 heterocycles. The molecule has 11 heteroatoms. The van der Waals surface area contributed by atoms with Gasteiger partial charge in [-0.1, -0.05) is 11.6 Å². The number of nitrogens with one attached hydrogen (secondary N) is 1. The number of hydrogen-bond donors (Lipinski definition) is 2. The number of ether oxygens (including phenoxy) is 1. The zero-order chi connectivity index (χ0) is 21.2. The Bertz CT molecular complexity index is 986. The minimum Gasteiger partial charge on any atom is -0.459 e. The quantitative estimate of drug-likeness (QED) is 0.411. The maximum Gasteiger partial charge on any atom is 0.341 e. The average Bonchev–Trinajstić information content (AvgIpc) is 2.90. The van der Waals surface area contributed by atoms with E-state index in [-0.39, 0.29) is 31.6 Å². The van der Waals surface area contributed by atoms with Crippen molar-refractivity contribution in [3.05, 3.63) is 54.9 Å². The molecule has 0 saturated heterocycles. The van der Waals surface area contributed by atoms with Crippen LogP contribution in [0.15, 0.2) is 18.2 Å². The molecule has 28 heavy (non-hydrogen) atoms. The second kappa shape index (κ2) is 8.36. The van der Waals surface area contributed by atoms with E-state index in [9.17, 15) is 24.5 Å². The van der Waals surface area contributed by atoms with Crippen LogP contribution in [0.4, 0.5) is 10.7 Å². The van der Waals surface area contributed by atoms with E-state index < -0.39 is 34.5 Å². The minimum atomic E-state index is -0.848. The Morgan fingerprint density at radius 2 is 1.96 bits per heavy atom. The number of carbonyl (C=O) groups excluding carboxylic acids is 3. The van der Waals surface area contributed by atoms with Gasteiger partial charge in [-0.3, -0.25) is 19.7 Å². The van der Waals surface area contributed by atoms with E-state index in [1.807, 2.05) is 0 Å². The molecule has 9 nitrogen and oxygen atoms in total. The van der Waals surface area contributed by atoms with Crippen molar-refractivity contribution in [2.75, 3.05) is 5.32 Å². The molecule has 0 aliphatic carbocycles. The fraction of sp³-hybridized carbons (Fsp3) is 0.235. The Kier molecular flexibility index (Phi) is 6.37. The monoisotopic (exact) mass is 425 g/mol. The Balaban J connectivity index is 2.50. The Labute approximate surface area is 168 Å². The third-order valence-electron chi connectivity index (χ3n) is 3.55. The van der Waals surface area contributed by atoms with Crippen molar-refractivity contribution >= 4 is 51.4 Å². The van der Waals surface area contributed by atoms with E-state index in [0.717, 1.165) is 17.4 Å². The van der Waals surface area contributed by atoms with Gasteiger partial charge < -0.3 is 15.8 Å². The molecule has 0 fully saturated rings. The first kappa shape index (κ1) is 21.3. The highest BCUT2D eigenvalue weighted by Gasteiger charge is 2.28. The van der Waals surface area contributed by atoms with Crippen molar-refractivity contribution in [3.8, 4) is 0 Å². The molecule has 1 aromatic carbocycles. The zero-order valence-corrected chi connectivity index (χ0v) is 16.6. The van der Waals surface area contributed by atoms with Crippen LogP contribution in [0.1, 0.15) is 49.8 Å². The molecular weight excluding hydrogens is 410 g/mol. The smallest absolute Gasteiger partial charge is 0.341 e. The predicted octanol–water partition coefficient (Wildman–Crippen LogP) is 3.53. The van der Waals surface area contributed by atoms with E-state index in [1.165, 1.54) is 19.1 Å². The van der Waals surface area contributed by atoms with Crippen LogP contribution in [0.3, 0.4) is 0 Å². The maximum atomic E-state index is 12.6. The van der Waals surface area contributed by atoms with Gasteiger partial charge in [0.15, 0.2) is 0 Å². The number of thiophene rings is 1. The summed E-state index contributed by atoms with van der Waals surface area (Å²) in [5.74, 6) is -2.38. The van der Waals surface area contributed by atoms with Crippen molar-refractivity contribution in [2.24, 2.45) is 5.73 Å². The number of nitro groups is 1. The number of rotatable bonds is 6. The van der Waals surface area contributed by atoms with Crippen LogP contribution in [0.25, 0.3) is 0 Å². The molecule has 0 aliphatic heterocycles. The summed E-state index contributed by atoms with van der Waals surface area (Å²) >= 11 is 6.54. The highest BCUT2D eigenvalue weighted by molar-refractivity contribution is 7.18. The minimum absolute atomic E-state index is 0.00574. The number of nitrogens with zero attached hydrogens (tertiary/aromatic N) is 1. The largest absolute Gasteiger partial charge is 0.459 e. The summed E-state index contributed by atoms with van der Waals surface area (Å²) in [7, 11) is 0. The SMILES string of the molecule is Cc1c(C(N)=O)sc(NC(=O)c2ccc(Cl)cc2[N+](=O)[O-])c1C(=O)OC(C)C. The van der Waals surface area contributed by atoms with Crippen LogP contribution in [0, 0.1) is 17.0 Å². The standard InChI is InChI=1S/C17H16ClN3O6S/c1-7(2)27-17(24)12-8(3)13(14(19)22)28-16(12)20-15(23)10-5-4-9(18)6-11(10)21(25)26/h4-7H,1-3H3,(H2,19,22)(H,20,23). The fourth-order valence-corrected chi connectivity index (χ4v) is 3.58. The summed E-state index contributed by atoms with van der Waals surface area (Å²) in [5, 5.41) is 13.7. The highest BCUT2D eigenvalue weighted by Crippen LogP contribution is 2.34. The van der Waals surface area contributed by atoms with E-state index in [0.29, 0.717) is 0 Å². The summed E-state index contributed by atoms with van der Waals surface area (Å²) in [4.78, 5) is 47.2. The topological polar surface area (TPSA) is 142 Å². The van der Waals surface area contributed by atoms with Crippen LogP contribution >= 0.6 is 22.9 Å². The Hall–Kier alpha value is -2.98. The Morgan fingerprint density at radius 3 is 2.50 bits per heavy atom. The first-order valence-corrected chi connectivity index (χ1v) is 9.11. The van der Waals surface area contributed by atoms with Gasteiger partial charge in [0.1, 0.15) is 10.6 Å². The first-order chi connectivity index (χ1) is 13.0. The van der Waals surface area contributed by atoms with Crippen LogP contribution < -0.4 is 11.1 Å². The van der Waals surface area contributed by atoms with Crippen molar-refractivity contribution in [2.45, 2.75) is 26.9 Å². The molecule has 148 valence electrons. The van der Waals surface area contributed by atoms with Gasteiger partial charge in [-0.25, -0.2) is 4.79 Å². The summed E-state index contributed by atoms with van der Waals surface area (Å²) in [6, 6.07) is 3.56. The lowest BCUT2D eigenvalue weighted by molar-refractivity contribution is -0.385.